The summed E-state index contributed by atoms with van der Waals surface area (Å²) in [4.78, 5) is 25.5. The van der Waals surface area contributed by atoms with E-state index in [-0.39, 0.29) is 29.4 Å². The van der Waals surface area contributed by atoms with Gasteiger partial charge < -0.3 is 9.64 Å². The number of pyridine rings is 1. The zero-order valence-corrected chi connectivity index (χ0v) is 17.3. The van der Waals surface area contributed by atoms with Crippen molar-refractivity contribution in [2.24, 2.45) is 0 Å². The summed E-state index contributed by atoms with van der Waals surface area (Å²) in [5, 5.41) is 0. The van der Waals surface area contributed by atoms with Gasteiger partial charge in [-0.2, -0.15) is 13.2 Å². The van der Waals surface area contributed by atoms with E-state index in [0.29, 0.717) is 12.3 Å². The molecular weight excluding hydrogens is 466 g/mol. The second-order valence-corrected chi connectivity index (χ2v) is 7.45. The molecule has 0 radical (unpaired) electrons. The highest BCUT2D eigenvalue weighted by molar-refractivity contribution is 6.00. The average molecular weight is 482 g/mol. The highest BCUT2D eigenvalue weighted by atomic mass is 19.4. The Bertz CT molecular complexity index is 1170. The number of amides is 1. The Labute approximate surface area is 189 Å². The number of benzene rings is 1. The van der Waals surface area contributed by atoms with Crippen molar-refractivity contribution in [2.45, 2.75) is 24.6 Å². The van der Waals surface area contributed by atoms with Crippen molar-refractivity contribution in [3.05, 3.63) is 71.9 Å². The van der Waals surface area contributed by atoms with E-state index in [1.165, 1.54) is 30.6 Å². The Hall–Kier alpha value is -3.70. The van der Waals surface area contributed by atoms with E-state index in [1.807, 2.05) is 0 Å². The molecule has 34 heavy (non-hydrogen) atoms. The van der Waals surface area contributed by atoms with E-state index in [4.69, 9.17) is 4.74 Å². The standard InChI is InChI=1S/C22H16F6N4O2/c23-15-4-1-3-14(18(15)19-29-8-2-9-30-19)20(33)32-10-7-21(24,25)16(32)12-34-17-6-5-13(11-31-17)22(26,27)28/h1-6,8-9,11,16H,7,10,12H2/t16-/m1/s1. The van der Waals surface area contributed by atoms with E-state index >= 15 is 0 Å². The number of nitrogens with zero attached hydrogens (tertiary/aromatic N) is 4. The van der Waals surface area contributed by atoms with Gasteiger partial charge in [0.1, 0.15) is 18.5 Å². The molecule has 0 aliphatic carbocycles. The molecule has 12 heteroatoms. The number of likely N-dealkylation sites (tertiary alicyclic amines) is 1. The third-order valence-corrected chi connectivity index (χ3v) is 5.30. The van der Waals surface area contributed by atoms with E-state index in [1.54, 1.807) is 0 Å². The maximum absolute atomic E-state index is 14.6. The van der Waals surface area contributed by atoms with E-state index in [2.05, 4.69) is 15.0 Å². The SMILES string of the molecule is O=C(c1cccc(F)c1-c1ncccn1)N1CCC(F)(F)[C@H]1COc1ccc(C(F)(F)F)cn1. The van der Waals surface area contributed by atoms with Gasteiger partial charge in [0.15, 0.2) is 5.82 Å². The molecule has 1 aromatic carbocycles. The summed E-state index contributed by atoms with van der Waals surface area (Å²) in [6, 6.07) is 4.99. The topological polar surface area (TPSA) is 68.2 Å². The van der Waals surface area contributed by atoms with Crippen molar-refractivity contribution in [2.75, 3.05) is 13.2 Å². The van der Waals surface area contributed by atoms with Gasteiger partial charge in [0, 0.05) is 37.6 Å². The van der Waals surface area contributed by atoms with E-state index in [0.717, 1.165) is 17.0 Å². The smallest absolute Gasteiger partial charge is 0.417 e. The molecule has 0 bridgehead atoms. The predicted octanol–water partition coefficient (Wildman–Crippen LogP) is 4.63. The van der Waals surface area contributed by atoms with Gasteiger partial charge in [-0.15, -0.1) is 0 Å². The third kappa shape index (κ3) is 4.66. The quantitative estimate of drug-likeness (QED) is 0.497. The zero-order valence-electron chi connectivity index (χ0n) is 17.3. The molecule has 1 aliphatic rings. The Kier molecular flexibility index (Phi) is 6.15. The fraction of sp³-hybridized carbons (Fsp3) is 0.273. The summed E-state index contributed by atoms with van der Waals surface area (Å²) in [6.45, 7) is -1.07. The lowest BCUT2D eigenvalue weighted by Crippen LogP contribution is -2.46. The maximum Gasteiger partial charge on any atom is 0.417 e. The average Bonchev–Trinajstić information content (AvgIpc) is 3.11. The number of hydrogen-bond acceptors (Lipinski definition) is 5. The highest BCUT2D eigenvalue weighted by Crippen LogP contribution is 2.37. The third-order valence-electron chi connectivity index (χ3n) is 5.30. The minimum absolute atomic E-state index is 0.0864. The first kappa shape index (κ1) is 23.5. The van der Waals surface area contributed by atoms with Crippen LogP contribution in [0.3, 0.4) is 0 Å². The lowest BCUT2D eigenvalue weighted by Gasteiger charge is -2.28. The molecule has 1 saturated heterocycles. The van der Waals surface area contributed by atoms with Gasteiger partial charge in [-0.25, -0.2) is 28.1 Å². The summed E-state index contributed by atoms with van der Waals surface area (Å²) < 4.78 is 87.1. The summed E-state index contributed by atoms with van der Waals surface area (Å²) in [6.07, 6.45) is -2.07. The Balaban J connectivity index is 1.58. The molecule has 1 amide bonds. The number of halogens is 6. The maximum atomic E-state index is 14.6. The van der Waals surface area contributed by atoms with Crippen LogP contribution in [0.5, 0.6) is 5.88 Å². The van der Waals surface area contributed by atoms with E-state index in [9.17, 15) is 31.1 Å². The van der Waals surface area contributed by atoms with E-state index < -0.39 is 48.5 Å². The second-order valence-electron chi connectivity index (χ2n) is 7.45. The van der Waals surface area contributed by atoms with Crippen LogP contribution in [0.1, 0.15) is 22.3 Å². The van der Waals surface area contributed by atoms with Gasteiger partial charge in [0.25, 0.3) is 11.8 Å². The van der Waals surface area contributed by atoms with Crippen LogP contribution in [0.25, 0.3) is 11.4 Å². The molecule has 1 fully saturated rings. The zero-order chi connectivity index (χ0) is 24.5. The molecule has 6 nitrogen and oxygen atoms in total. The van der Waals surface area contributed by atoms with Crippen molar-refractivity contribution in [3.63, 3.8) is 0 Å². The largest absolute Gasteiger partial charge is 0.475 e. The van der Waals surface area contributed by atoms with Crippen LogP contribution >= 0.6 is 0 Å². The predicted molar refractivity (Wildman–Crippen MR) is 107 cm³/mol. The van der Waals surface area contributed by atoms with Crippen molar-refractivity contribution in [1.29, 1.82) is 0 Å². The lowest BCUT2D eigenvalue weighted by molar-refractivity contribution is -0.137. The Morgan fingerprint density at radius 3 is 2.47 bits per heavy atom. The summed E-state index contributed by atoms with van der Waals surface area (Å²) in [7, 11) is 0. The van der Waals surface area contributed by atoms with Crippen molar-refractivity contribution < 1.29 is 35.9 Å². The molecule has 4 rings (SSSR count). The Morgan fingerprint density at radius 1 is 1.09 bits per heavy atom. The van der Waals surface area contributed by atoms with Crippen LogP contribution in [0.4, 0.5) is 26.3 Å². The molecule has 178 valence electrons. The summed E-state index contributed by atoms with van der Waals surface area (Å²) in [5.41, 5.74) is -1.46. The number of aromatic nitrogens is 3. The van der Waals surface area contributed by atoms with Gasteiger partial charge in [-0.05, 0) is 24.3 Å². The highest BCUT2D eigenvalue weighted by Gasteiger charge is 2.51. The van der Waals surface area contributed by atoms with Gasteiger partial charge >= 0.3 is 6.18 Å². The fourth-order valence-corrected chi connectivity index (χ4v) is 3.59. The number of carbonyl (C=O) groups excluding carboxylic acids is 1. The summed E-state index contributed by atoms with van der Waals surface area (Å²) in [5.74, 6) is -5.43. The monoisotopic (exact) mass is 482 g/mol. The first-order chi connectivity index (χ1) is 16.1. The van der Waals surface area contributed by atoms with Gasteiger partial charge in [0.2, 0.25) is 5.88 Å². The summed E-state index contributed by atoms with van der Waals surface area (Å²) >= 11 is 0. The number of ether oxygens (including phenoxy) is 1. The molecular formula is C22H16F6N4O2. The number of alkyl halides is 5. The van der Waals surface area contributed by atoms with Crippen molar-refractivity contribution in [1.82, 2.24) is 19.9 Å². The molecule has 0 N–H and O–H groups in total. The second kappa shape index (κ2) is 8.92. The minimum atomic E-state index is -4.61. The molecule has 0 spiro atoms. The molecule has 1 aliphatic heterocycles. The van der Waals surface area contributed by atoms with Crippen molar-refractivity contribution in [3.8, 4) is 17.3 Å². The number of hydrogen-bond donors (Lipinski definition) is 0. The first-order valence-electron chi connectivity index (χ1n) is 9.98. The Morgan fingerprint density at radius 2 is 1.82 bits per heavy atom. The lowest BCUT2D eigenvalue weighted by atomic mass is 10.0. The minimum Gasteiger partial charge on any atom is -0.475 e. The number of rotatable bonds is 5. The first-order valence-corrected chi connectivity index (χ1v) is 9.98. The van der Waals surface area contributed by atoms with Gasteiger partial charge in [-0.1, -0.05) is 6.07 Å². The van der Waals surface area contributed by atoms with Crippen LogP contribution in [-0.4, -0.2) is 50.9 Å². The molecule has 2 aromatic heterocycles. The van der Waals surface area contributed by atoms with Crippen molar-refractivity contribution >= 4 is 5.91 Å². The van der Waals surface area contributed by atoms with Crippen LogP contribution in [0.2, 0.25) is 0 Å². The van der Waals surface area contributed by atoms with Gasteiger partial charge in [-0.3, -0.25) is 4.79 Å². The van der Waals surface area contributed by atoms with Crippen LogP contribution in [0.15, 0.2) is 55.0 Å². The molecule has 0 saturated carbocycles. The van der Waals surface area contributed by atoms with Crippen LogP contribution in [-0.2, 0) is 6.18 Å². The van der Waals surface area contributed by atoms with Crippen LogP contribution in [0, 0.1) is 5.82 Å². The molecule has 1 atom stereocenters. The van der Waals surface area contributed by atoms with Crippen LogP contribution < -0.4 is 4.74 Å². The fourth-order valence-electron chi connectivity index (χ4n) is 3.59. The van der Waals surface area contributed by atoms with Gasteiger partial charge in [0.05, 0.1) is 16.7 Å². The normalized spacial score (nSPS) is 17.6. The number of carbonyl (C=O) groups is 1. The molecule has 3 heterocycles. The molecule has 3 aromatic rings. The molecule has 0 unspecified atom stereocenters.